The van der Waals surface area contributed by atoms with Crippen molar-refractivity contribution in [3.8, 4) is 22.4 Å². The van der Waals surface area contributed by atoms with Crippen molar-refractivity contribution in [2.45, 2.75) is 90.9 Å². The topological polar surface area (TPSA) is 123 Å². The molecule has 3 aliphatic rings. The second-order valence-electron chi connectivity index (χ2n) is 16.7. The van der Waals surface area contributed by atoms with Gasteiger partial charge in [-0.1, -0.05) is 55.0 Å². The smallest absolute Gasteiger partial charge is 0.410 e. The summed E-state index contributed by atoms with van der Waals surface area (Å²) >= 11 is 0. The van der Waals surface area contributed by atoms with Crippen LogP contribution in [0.25, 0.3) is 38.7 Å². The van der Waals surface area contributed by atoms with Gasteiger partial charge >= 0.3 is 12.1 Å². The van der Waals surface area contributed by atoms with Crippen molar-refractivity contribution in [3.63, 3.8) is 0 Å². The molecule has 2 aliphatic heterocycles. The molecule has 3 N–H and O–H groups in total. The van der Waals surface area contributed by atoms with Gasteiger partial charge in [0.2, 0.25) is 0 Å². The Morgan fingerprint density at radius 3 is 2.21 bits per heavy atom. The van der Waals surface area contributed by atoms with E-state index in [-0.39, 0.29) is 35.9 Å². The maximum atomic E-state index is 13.0. The van der Waals surface area contributed by atoms with Crippen molar-refractivity contribution in [2.24, 2.45) is 28.5 Å². The fraction of sp³-hybridized carbons (Fsp3) is 0.442. The van der Waals surface area contributed by atoms with Crippen LogP contribution in [0.4, 0.5) is 4.79 Å². The standard InChI is InChI=1S/C43H51N5O4/c1-42(2,3)51-40(49)35-9-7-8-34(35)36-21-33(23-45-36)32-17-16-30-19-29(14-15-31(30)20-32)27-10-12-28(13-11-27)37-24-46-39(47-37)38-18-26(22-44)25-48(38)41(50)52-43(4,5)6/h10-17,19-20,23-24,26,34-35,38H,7-9,18,21-22,25,44H2,1-6H3,(H,46,47)/t26-,34-,35?,38+/m1/s1. The molecule has 1 aromatic heterocycles. The Kier molecular flexibility index (Phi) is 9.59. The van der Waals surface area contributed by atoms with Crippen LogP contribution >= 0.6 is 0 Å². The summed E-state index contributed by atoms with van der Waals surface area (Å²) in [6.45, 7) is 12.5. The lowest BCUT2D eigenvalue weighted by atomic mass is 9.87. The summed E-state index contributed by atoms with van der Waals surface area (Å²) in [7, 11) is 0. The number of fused-ring (bicyclic) bond motifs is 1. The second-order valence-corrected chi connectivity index (χ2v) is 16.7. The minimum atomic E-state index is -0.578. The summed E-state index contributed by atoms with van der Waals surface area (Å²) in [6.07, 6.45) is 7.88. The van der Waals surface area contributed by atoms with E-state index in [4.69, 9.17) is 25.2 Å². The number of amides is 1. The minimum absolute atomic E-state index is 0.0911. The van der Waals surface area contributed by atoms with Crippen molar-refractivity contribution in [2.75, 3.05) is 13.1 Å². The first-order valence-corrected chi connectivity index (χ1v) is 18.6. The normalized spacial score (nSPS) is 22.1. The summed E-state index contributed by atoms with van der Waals surface area (Å²) in [6, 6.07) is 21.5. The van der Waals surface area contributed by atoms with E-state index in [2.05, 4.69) is 65.6 Å². The maximum absolute atomic E-state index is 13.0. The molecular weight excluding hydrogens is 651 g/mol. The van der Waals surface area contributed by atoms with Crippen LogP contribution in [0.5, 0.6) is 0 Å². The van der Waals surface area contributed by atoms with Crippen LogP contribution in [-0.4, -0.2) is 56.9 Å². The molecule has 0 bridgehead atoms. The SMILES string of the molecule is CC(C)(C)OC(=O)C1CCC[C@H]1C1=NC=C(c2ccc3cc(-c4ccc(-c5cnc([C@@H]6C[C@H](CN)CN6C(=O)OC(C)(C)C)[nH]5)cc4)ccc3c2)C1. The first-order chi connectivity index (χ1) is 24.7. The molecule has 3 aromatic carbocycles. The number of aromatic amines is 1. The number of hydrogen-bond acceptors (Lipinski definition) is 7. The van der Waals surface area contributed by atoms with Gasteiger partial charge in [-0.2, -0.15) is 0 Å². The number of hydrogen-bond donors (Lipinski definition) is 2. The molecule has 2 fully saturated rings. The number of aliphatic imine (C=N–C) groups is 1. The van der Waals surface area contributed by atoms with Gasteiger partial charge in [-0.15, -0.1) is 0 Å². The number of benzene rings is 3. The van der Waals surface area contributed by atoms with E-state index in [1.54, 1.807) is 4.90 Å². The van der Waals surface area contributed by atoms with E-state index < -0.39 is 11.2 Å². The van der Waals surface area contributed by atoms with E-state index in [0.29, 0.717) is 13.1 Å². The molecule has 9 heteroatoms. The van der Waals surface area contributed by atoms with Gasteiger partial charge in [0.1, 0.15) is 17.0 Å². The van der Waals surface area contributed by atoms with Gasteiger partial charge in [0.15, 0.2) is 0 Å². The summed E-state index contributed by atoms with van der Waals surface area (Å²) < 4.78 is 11.4. The van der Waals surface area contributed by atoms with Crippen molar-refractivity contribution in [1.29, 1.82) is 0 Å². The molecule has 52 heavy (non-hydrogen) atoms. The highest BCUT2D eigenvalue weighted by molar-refractivity contribution is 6.02. The van der Waals surface area contributed by atoms with Crippen molar-refractivity contribution >= 4 is 34.1 Å². The highest BCUT2D eigenvalue weighted by atomic mass is 16.6. The molecule has 0 spiro atoms. The number of rotatable bonds is 7. The number of allylic oxidation sites excluding steroid dienone is 1. The fourth-order valence-electron chi connectivity index (χ4n) is 7.86. The summed E-state index contributed by atoms with van der Waals surface area (Å²) in [4.78, 5) is 40.7. The highest BCUT2D eigenvalue weighted by Crippen LogP contribution is 2.40. The molecule has 1 saturated heterocycles. The number of nitrogens with two attached hydrogens (primary N) is 1. The zero-order chi connectivity index (χ0) is 36.8. The van der Waals surface area contributed by atoms with Crippen LogP contribution in [0.2, 0.25) is 0 Å². The Labute approximate surface area is 306 Å². The molecule has 1 unspecified atom stereocenters. The molecule has 0 radical (unpaired) electrons. The average Bonchev–Trinajstić information content (AvgIpc) is 3.92. The number of carbonyl (C=O) groups excluding carboxylic acids is 2. The van der Waals surface area contributed by atoms with E-state index in [9.17, 15) is 9.59 Å². The van der Waals surface area contributed by atoms with Crippen molar-refractivity contribution in [3.05, 3.63) is 84.4 Å². The third-order valence-corrected chi connectivity index (χ3v) is 10.4. The summed E-state index contributed by atoms with van der Waals surface area (Å²) in [5, 5.41) is 2.35. The zero-order valence-corrected chi connectivity index (χ0v) is 31.2. The molecule has 1 aliphatic carbocycles. The van der Waals surface area contributed by atoms with Gasteiger partial charge in [-0.25, -0.2) is 9.78 Å². The predicted molar refractivity (Wildman–Crippen MR) is 207 cm³/mol. The maximum Gasteiger partial charge on any atom is 0.410 e. The molecule has 7 rings (SSSR count). The van der Waals surface area contributed by atoms with Gasteiger partial charge < -0.3 is 20.2 Å². The third kappa shape index (κ3) is 7.70. The largest absolute Gasteiger partial charge is 0.460 e. The van der Waals surface area contributed by atoms with Crippen LogP contribution in [0, 0.1) is 17.8 Å². The fourth-order valence-corrected chi connectivity index (χ4v) is 7.86. The molecule has 272 valence electrons. The number of likely N-dealkylation sites (tertiary alicyclic amines) is 1. The Morgan fingerprint density at radius 2 is 1.52 bits per heavy atom. The summed E-state index contributed by atoms with van der Waals surface area (Å²) in [5.41, 5.74) is 12.6. The van der Waals surface area contributed by atoms with Crippen LogP contribution in [0.15, 0.2) is 78.1 Å². The number of esters is 1. The van der Waals surface area contributed by atoms with Crippen LogP contribution in [-0.2, 0) is 14.3 Å². The second kappa shape index (κ2) is 14.0. The quantitative estimate of drug-likeness (QED) is 0.185. The number of carbonyl (C=O) groups is 2. The zero-order valence-electron chi connectivity index (χ0n) is 31.2. The van der Waals surface area contributed by atoms with Gasteiger partial charge in [0.05, 0.1) is 23.9 Å². The molecule has 4 aromatic rings. The number of ether oxygens (including phenoxy) is 2. The lowest BCUT2D eigenvalue weighted by molar-refractivity contribution is -0.160. The van der Waals surface area contributed by atoms with Gasteiger partial charge in [-0.05, 0) is 124 Å². The first kappa shape index (κ1) is 35.6. The van der Waals surface area contributed by atoms with Gasteiger partial charge in [0, 0.05) is 30.8 Å². The van der Waals surface area contributed by atoms with E-state index in [0.717, 1.165) is 66.0 Å². The molecule has 4 atom stereocenters. The number of nitrogens with one attached hydrogen (secondary N) is 1. The Hall–Kier alpha value is -4.76. The predicted octanol–water partition coefficient (Wildman–Crippen LogP) is 9.10. The van der Waals surface area contributed by atoms with Crippen LogP contribution < -0.4 is 5.73 Å². The summed E-state index contributed by atoms with van der Waals surface area (Å²) in [5.74, 6) is 0.896. The molecule has 9 nitrogen and oxygen atoms in total. The molecular formula is C43H51N5O4. The number of nitrogens with zero attached hydrogens (tertiary/aromatic N) is 3. The van der Waals surface area contributed by atoms with Crippen molar-refractivity contribution < 1.29 is 19.1 Å². The number of aromatic nitrogens is 2. The van der Waals surface area contributed by atoms with E-state index in [1.165, 1.54) is 21.9 Å². The number of imidazole rings is 1. The lowest BCUT2D eigenvalue weighted by Gasteiger charge is -2.27. The van der Waals surface area contributed by atoms with Crippen LogP contribution in [0.3, 0.4) is 0 Å². The molecule has 3 heterocycles. The highest BCUT2D eigenvalue weighted by Gasteiger charge is 2.40. The van der Waals surface area contributed by atoms with Gasteiger partial charge in [-0.3, -0.25) is 14.7 Å². The lowest BCUT2D eigenvalue weighted by Crippen LogP contribution is -2.37. The molecule has 1 amide bonds. The molecule has 1 saturated carbocycles. The Balaban J connectivity index is 1.01. The van der Waals surface area contributed by atoms with E-state index >= 15 is 0 Å². The Bertz CT molecular complexity index is 2030. The number of H-pyrrole nitrogens is 1. The average molecular weight is 702 g/mol. The Morgan fingerprint density at radius 1 is 0.865 bits per heavy atom. The van der Waals surface area contributed by atoms with Gasteiger partial charge in [0.25, 0.3) is 0 Å². The first-order valence-electron chi connectivity index (χ1n) is 18.6. The minimum Gasteiger partial charge on any atom is -0.460 e. The van der Waals surface area contributed by atoms with E-state index in [1.807, 2.05) is 53.9 Å². The third-order valence-electron chi connectivity index (χ3n) is 10.4. The van der Waals surface area contributed by atoms with Crippen LogP contribution in [0.1, 0.15) is 91.1 Å². The van der Waals surface area contributed by atoms with Crippen molar-refractivity contribution in [1.82, 2.24) is 14.9 Å². The monoisotopic (exact) mass is 701 g/mol.